The molecule has 1 aromatic heterocycles. The predicted molar refractivity (Wildman–Crippen MR) is 88.4 cm³/mol. The Morgan fingerprint density at radius 1 is 1.17 bits per heavy atom. The van der Waals surface area contributed by atoms with Crippen molar-refractivity contribution in [3.63, 3.8) is 0 Å². The zero-order chi connectivity index (χ0) is 15.3. The molecule has 118 valence electrons. The molecule has 0 amide bonds. The summed E-state index contributed by atoms with van der Waals surface area (Å²) in [6, 6.07) is 8.43. The molecule has 6 heteroatoms. The van der Waals surface area contributed by atoms with Crippen molar-refractivity contribution < 1.29 is 4.74 Å². The molecular formula is C17H19N5O. The third kappa shape index (κ3) is 2.16. The maximum Gasteiger partial charge on any atom is 0.291 e. The van der Waals surface area contributed by atoms with Gasteiger partial charge in [-0.05, 0) is 38.1 Å². The smallest absolute Gasteiger partial charge is 0.291 e. The van der Waals surface area contributed by atoms with Gasteiger partial charge in [0.2, 0.25) is 0 Å². The summed E-state index contributed by atoms with van der Waals surface area (Å²) in [5, 5.41) is 3.20. The molecule has 23 heavy (non-hydrogen) atoms. The standard InChI is InChI=1S/C17H19N5O/c1-2-4-14-13(3-1)18-9-15(20-14)21-16-19-10-17(23-16)11-22-7-5-12(17)6-8-22/h1-4,9,12H,5-8,10-11H2,(H,19,20,21)/t17-/m1/s1. The van der Waals surface area contributed by atoms with Gasteiger partial charge in [-0.3, -0.25) is 15.2 Å². The van der Waals surface area contributed by atoms with Crippen LogP contribution in [-0.2, 0) is 4.74 Å². The maximum atomic E-state index is 6.27. The second-order valence-electron chi connectivity index (χ2n) is 6.71. The van der Waals surface area contributed by atoms with Crippen molar-refractivity contribution in [2.75, 3.05) is 31.5 Å². The first-order valence-corrected chi connectivity index (χ1v) is 8.25. The third-order valence-corrected chi connectivity index (χ3v) is 5.30. The molecule has 3 saturated heterocycles. The Morgan fingerprint density at radius 3 is 2.78 bits per heavy atom. The number of hydrogen-bond donors (Lipinski definition) is 1. The number of piperidine rings is 3. The van der Waals surface area contributed by atoms with E-state index in [2.05, 4.69) is 25.2 Å². The number of nitrogens with one attached hydrogen (secondary N) is 1. The van der Waals surface area contributed by atoms with Crippen LogP contribution in [0.4, 0.5) is 5.82 Å². The lowest BCUT2D eigenvalue weighted by atomic mass is 9.75. The molecule has 1 aromatic carbocycles. The first-order chi connectivity index (χ1) is 11.3. The molecule has 1 N–H and O–H groups in total. The summed E-state index contributed by atoms with van der Waals surface area (Å²) in [6.07, 6.45) is 4.17. The monoisotopic (exact) mass is 309 g/mol. The number of aromatic nitrogens is 2. The number of nitrogens with zero attached hydrogens (tertiary/aromatic N) is 4. The summed E-state index contributed by atoms with van der Waals surface area (Å²) in [7, 11) is 0. The number of amidine groups is 1. The highest BCUT2D eigenvalue weighted by molar-refractivity contribution is 5.90. The fourth-order valence-electron chi connectivity index (χ4n) is 4.07. The van der Waals surface area contributed by atoms with Gasteiger partial charge in [0, 0.05) is 12.5 Å². The van der Waals surface area contributed by atoms with Crippen LogP contribution in [-0.4, -0.2) is 52.7 Å². The molecule has 1 atom stereocenters. The normalized spacial score (nSPS) is 32.1. The van der Waals surface area contributed by atoms with E-state index in [9.17, 15) is 0 Å². The van der Waals surface area contributed by atoms with Crippen molar-refractivity contribution >= 4 is 22.9 Å². The Kier molecular flexibility index (Phi) is 2.82. The van der Waals surface area contributed by atoms with Crippen molar-refractivity contribution in [3.05, 3.63) is 30.5 Å². The van der Waals surface area contributed by atoms with Gasteiger partial charge >= 0.3 is 0 Å². The summed E-state index contributed by atoms with van der Waals surface area (Å²) < 4.78 is 6.27. The SMILES string of the molecule is c1ccc2nc(NC3=NC[C@]4(CN5CCC4CC5)O3)cnc2c1. The van der Waals surface area contributed by atoms with Crippen LogP contribution in [0.3, 0.4) is 0 Å². The zero-order valence-corrected chi connectivity index (χ0v) is 12.9. The van der Waals surface area contributed by atoms with E-state index >= 15 is 0 Å². The average Bonchev–Trinajstić information content (AvgIpc) is 2.98. The van der Waals surface area contributed by atoms with Crippen LogP contribution >= 0.6 is 0 Å². The summed E-state index contributed by atoms with van der Waals surface area (Å²) in [6.45, 7) is 4.15. The molecule has 6 rings (SSSR count). The second kappa shape index (κ2) is 4.89. The third-order valence-electron chi connectivity index (χ3n) is 5.30. The Morgan fingerprint density at radius 2 is 2.00 bits per heavy atom. The molecular weight excluding hydrogens is 290 g/mol. The van der Waals surface area contributed by atoms with Gasteiger partial charge in [-0.25, -0.2) is 9.98 Å². The molecule has 4 aliphatic heterocycles. The van der Waals surface area contributed by atoms with Gasteiger partial charge in [0.25, 0.3) is 6.02 Å². The fraction of sp³-hybridized carbons (Fsp3) is 0.471. The number of benzene rings is 1. The largest absolute Gasteiger partial charge is 0.455 e. The molecule has 0 saturated carbocycles. The van der Waals surface area contributed by atoms with Crippen molar-refractivity contribution in [2.45, 2.75) is 18.4 Å². The van der Waals surface area contributed by atoms with Crippen LogP contribution < -0.4 is 5.32 Å². The van der Waals surface area contributed by atoms with Crippen molar-refractivity contribution in [1.82, 2.24) is 14.9 Å². The number of aliphatic imine (C=N–C) groups is 1. The van der Waals surface area contributed by atoms with E-state index in [1.807, 2.05) is 24.3 Å². The first-order valence-electron chi connectivity index (χ1n) is 8.25. The zero-order valence-electron chi connectivity index (χ0n) is 12.9. The second-order valence-corrected chi connectivity index (χ2v) is 6.71. The van der Waals surface area contributed by atoms with Crippen LogP contribution in [0.15, 0.2) is 35.5 Å². The van der Waals surface area contributed by atoms with Crippen LogP contribution in [0.1, 0.15) is 12.8 Å². The molecule has 2 bridgehead atoms. The highest BCUT2D eigenvalue weighted by Gasteiger charge is 2.51. The van der Waals surface area contributed by atoms with E-state index in [0.717, 1.165) is 24.1 Å². The molecule has 4 aliphatic rings. The molecule has 0 aliphatic carbocycles. The van der Waals surface area contributed by atoms with Crippen LogP contribution in [0, 0.1) is 5.92 Å². The van der Waals surface area contributed by atoms with Gasteiger partial charge in [-0.2, -0.15) is 0 Å². The van der Waals surface area contributed by atoms with Gasteiger partial charge in [0.15, 0.2) is 5.82 Å². The van der Waals surface area contributed by atoms with Gasteiger partial charge in [-0.15, -0.1) is 0 Å². The number of ether oxygens (including phenoxy) is 1. The van der Waals surface area contributed by atoms with E-state index in [1.165, 1.54) is 25.9 Å². The van der Waals surface area contributed by atoms with Crippen molar-refractivity contribution in [3.8, 4) is 0 Å². The highest BCUT2D eigenvalue weighted by atomic mass is 16.5. The predicted octanol–water partition coefficient (Wildman–Crippen LogP) is 1.89. The Bertz CT molecular complexity index is 783. The molecule has 1 spiro atoms. The molecule has 0 unspecified atom stereocenters. The average molecular weight is 309 g/mol. The molecule has 0 radical (unpaired) electrons. The highest BCUT2D eigenvalue weighted by Crippen LogP contribution is 2.40. The molecule has 3 fully saturated rings. The quantitative estimate of drug-likeness (QED) is 0.871. The maximum absolute atomic E-state index is 6.27. The molecule has 5 heterocycles. The van der Waals surface area contributed by atoms with Crippen molar-refractivity contribution in [2.24, 2.45) is 10.9 Å². The molecule has 2 aromatic rings. The van der Waals surface area contributed by atoms with E-state index < -0.39 is 0 Å². The number of fused-ring (bicyclic) bond motifs is 3. The van der Waals surface area contributed by atoms with E-state index in [1.54, 1.807) is 6.20 Å². The van der Waals surface area contributed by atoms with E-state index in [0.29, 0.717) is 17.8 Å². The lowest BCUT2D eigenvalue weighted by Gasteiger charge is -2.50. The van der Waals surface area contributed by atoms with Crippen molar-refractivity contribution in [1.29, 1.82) is 0 Å². The van der Waals surface area contributed by atoms with Gasteiger partial charge < -0.3 is 4.74 Å². The number of hydrogen-bond acceptors (Lipinski definition) is 6. The van der Waals surface area contributed by atoms with Gasteiger partial charge in [0.1, 0.15) is 5.60 Å². The van der Waals surface area contributed by atoms with Crippen LogP contribution in [0.2, 0.25) is 0 Å². The first kappa shape index (κ1) is 13.2. The lowest BCUT2D eigenvalue weighted by molar-refractivity contribution is -0.0829. The number of para-hydroxylation sites is 2. The van der Waals surface area contributed by atoms with Gasteiger partial charge in [-0.1, -0.05) is 12.1 Å². The van der Waals surface area contributed by atoms with E-state index in [-0.39, 0.29) is 5.60 Å². The Hall–Kier alpha value is -2.21. The minimum Gasteiger partial charge on any atom is -0.455 e. The minimum atomic E-state index is -0.122. The topological polar surface area (TPSA) is 62.6 Å². The lowest BCUT2D eigenvalue weighted by Crippen LogP contribution is -2.61. The fourth-order valence-corrected chi connectivity index (χ4v) is 4.07. The Labute approximate surface area is 134 Å². The van der Waals surface area contributed by atoms with Crippen LogP contribution in [0.5, 0.6) is 0 Å². The summed E-state index contributed by atoms with van der Waals surface area (Å²) >= 11 is 0. The van der Waals surface area contributed by atoms with Crippen LogP contribution in [0.25, 0.3) is 11.0 Å². The van der Waals surface area contributed by atoms with Gasteiger partial charge in [0.05, 0.1) is 23.8 Å². The summed E-state index contributed by atoms with van der Waals surface area (Å²) in [5.41, 5.74) is 1.64. The van der Waals surface area contributed by atoms with E-state index in [4.69, 9.17) is 4.74 Å². The Balaban J connectivity index is 1.35. The molecule has 6 nitrogen and oxygen atoms in total. The summed E-state index contributed by atoms with van der Waals surface area (Å²) in [5.74, 6) is 1.30. The minimum absolute atomic E-state index is 0.122. The number of anilines is 1. The number of rotatable bonds is 1. The summed E-state index contributed by atoms with van der Waals surface area (Å²) in [4.78, 5) is 16.1.